The summed E-state index contributed by atoms with van der Waals surface area (Å²) < 4.78 is 24.7. The summed E-state index contributed by atoms with van der Waals surface area (Å²) in [7, 11) is 0. The van der Waals surface area contributed by atoms with Gasteiger partial charge in [0.15, 0.2) is 21.9 Å². The maximum Gasteiger partial charge on any atom is 0.344 e. The van der Waals surface area contributed by atoms with E-state index in [1.54, 1.807) is 31.2 Å². The first-order valence-electron chi connectivity index (χ1n) is 9.10. The normalized spacial score (nSPS) is 16.0. The van der Waals surface area contributed by atoms with E-state index in [2.05, 4.69) is 0 Å². The van der Waals surface area contributed by atoms with E-state index in [0.717, 1.165) is 11.8 Å². The number of thioether (sulfide) groups is 1. The van der Waals surface area contributed by atoms with Crippen molar-refractivity contribution in [3.8, 4) is 11.5 Å². The molecular formula is C21H17ClFNO5S2. The minimum absolute atomic E-state index is 0.108. The Morgan fingerprint density at radius 1 is 1.32 bits per heavy atom. The number of amides is 1. The minimum Gasteiger partial charge on any atom is -0.490 e. The van der Waals surface area contributed by atoms with Gasteiger partial charge in [0.2, 0.25) is 0 Å². The molecule has 6 nitrogen and oxygen atoms in total. The summed E-state index contributed by atoms with van der Waals surface area (Å²) in [5.41, 5.74) is 1.01. The Balaban J connectivity index is 1.89. The molecule has 10 heteroatoms. The molecule has 31 heavy (non-hydrogen) atoms. The van der Waals surface area contributed by atoms with Crippen LogP contribution in [0.25, 0.3) is 6.08 Å². The smallest absolute Gasteiger partial charge is 0.344 e. The first-order chi connectivity index (χ1) is 14.7. The highest BCUT2D eigenvalue weighted by atomic mass is 35.5. The van der Waals surface area contributed by atoms with Gasteiger partial charge >= 0.3 is 5.97 Å². The summed E-state index contributed by atoms with van der Waals surface area (Å²) in [6, 6.07) is 8.84. The van der Waals surface area contributed by atoms with Gasteiger partial charge in [0.25, 0.3) is 5.91 Å². The Kier molecular flexibility index (Phi) is 7.19. The van der Waals surface area contributed by atoms with Gasteiger partial charge in [-0.05, 0) is 55.8 Å². The number of anilines is 1. The van der Waals surface area contributed by atoms with E-state index in [1.165, 1.54) is 30.0 Å². The second-order valence-electron chi connectivity index (χ2n) is 6.35. The molecule has 3 rings (SSSR count). The third kappa shape index (κ3) is 5.17. The van der Waals surface area contributed by atoms with Crippen LogP contribution in [0, 0.1) is 5.82 Å². The monoisotopic (exact) mass is 481 g/mol. The van der Waals surface area contributed by atoms with Crippen LogP contribution in [0.2, 0.25) is 5.02 Å². The van der Waals surface area contributed by atoms with Crippen molar-refractivity contribution >= 4 is 63.5 Å². The number of carboxylic acid groups (broad SMARTS) is 1. The maximum atomic E-state index is 13.5. The summed E-state index contributed by atoms with van der Waals surface area (Å²) in [5.74, 6) is -1.42. The highest BCUT2D eigenvalue weighted by Gasteiger charge is 2.33. The number of aliphatic carboxylic acids is 1. The Morgan fingerprint density at radius 3 is 2.71 bits per heavy atom. The number of carboxylic acids is 1. The lowest BCUT2D eigenvalue weighted by Crippen LogP contribution is -2.27. The number of benzene rings is 2. The zero-order valence-electron chi connectivity index (χ0n) is 16.4. The van der Waals surface area contributed by atoms with Crippen LogP contribution < -0.4 is 14.4 Å². The third-order valence-electron chi connectivity index (χ3n) is 4.17. The summed E-state index contributed by atoms with van der Waals surface area (Å²) in [6.45, 7) is 3.55. The average Bonchev–Trinajstić information content (AvgIpc) is 2.99. The number of hydrogen-bond acceptors (Lipinski definition) is 6. The molecule has 162 valence electrons. The molecule has 0 aliphatic carbocycles. The molecule has 0 bridgehead atoms. The molecule has 1 atom stereocenters. The fourth-order valence-electron chi connectivity index (χ4n) is 2.69. The zero-order valence-corrected chi connectivity index (χ0v) is 18.8. The van der Waals surface area contributed by atoms with Gasteiger partial charge in [-0.1, -0.05) is 41.6 Å². The van der Waals surface area contributed by atoms with Crippen molar-refractivity contribution < 1.29 is 28.6 Å². The van der Waals surface area contributed by atoms with Gasteiger partial charge in [-0.3, -0.25) is 9.69 Å². The van der Waals surface area contributed by atoms with Crippen molar-refractivity contribution in [3.05, 3.63) is 57.7 Å². The Bertz CT molecular complexity index is 1090. The van der Waals surface area contributed by atoms with Crippen LogP contribution in [0.4, 0.5) is 10.1 Å². The SMILES string of the molecule is CCOc1cc(/C=C2/SC(=S)N(c3ccc(F)c(Cl)c3)C2=O)ccc1OC(C)C(=O)O. The molecule has 2 aromatic rings. The lowest BCUT2D eigenvalue weighted by Gasteiger charge is -2.15. The van der Waals surface area contributed by atoms with Gasteiger partial charge in [-0.25, -0.2) is 9.18 Å². The highest BCUT2D eigenvalue weighted by Crippen LogP contribution is 2.38. The van der Waals surface area contributed by atoms with Crippen LogP contribution in [0.3, 0.4) is 0 Å². The quantitative estimate of drug-likeness (QED) is 0.433. The first-order valence-corrected chi connectivity index (χ1v) is 10.7. The number of nitrogens with zero attached hydrogens (tertiary/aromatic N) is 1. The van der Waals surface area contributed by atoms with Gasteiger partial charge < -0.3 is 14.6 Å². The zero-order chi connectivity index (χ0) is 22.7. The number of thiocarbonyl (C=S) groups is 1. The number of hydrogen-bond donors (Lipinski definition) is 1. The van der Waals surface area contributed by atoms with E-state index < -0.39 is 17.9 Å². The van der Waals surface area contributed by atoms with Crippen molar-refractivity contribution in [2.24, 2.45) is 0 Å². The van der Waals surface area contributed by atoms with E-state index in [9.17, 15) is 14.0 Å². The summed E-state index contributed by atoms with van der Waals surface area (Å²) in [4.78, 5) is 25.6. The topological polar surface area (TPSA) is 76.1 Å². The van der Waals surface area contributed by atoms with Crippen molar-refractivity contribution in [1.82, 2.24) is 0 Å². The van der Waals surface area contributed by atoms with Crippen molar-refractivity contribution in [3.63, 3.8) is 0 Å². The molecule has 0 saturated carbocycles. The predicted octanol–water partition coefficient (Wildman–Crippen LogP) is 5.14. The van der Waals surface area contributed by atoms with Crippen molar-refractivity contribution in [2.75, 3.05) is 11.5 Å². The fraction of sp³-hybridized carbons (Fsp3) is 0.190. The Hall–Kier alpha value is -2.62. The lowest BCUT2D eigenvalue weighted by molar-refractivity contribution is -0.144. The van der Waals surface area contributed by atoms with Crippen LogP contribution >= 0.6 is 35.6 Å². The molecule has 0 spiro atoms. The summed E-state index contributed by atoms with van der Waals surface area (Å²) >= 11 is 12.3. The van der Waals surface area contributed by atoms with Gasteiger partial charge in [0.1, 0.15) is 5.82 Å². The molecule has 2 aromatic carbocycles. The molecular weight excluding hydrogens is 465 g/mol. The summed E-state index contributed by atoms with van der Waals surface area (Å²) in [6.07, 6.45) is 0.584. The maximum absolute atomic E-state index is 13.5. The number of carbonyl (C=O) groups excluding carboxylic acids is 1. The minimum atomic E-state index is -1.10. The van der Waals surface area contributed by atoms with Crippen molar-refractivity contribution in [2.45, 2.75) is 20.0 Å². The predicted molar refractivity (Wildman–Crippen MR) is 122 cm³/mol. The van der Waals surface area contributed by atoms with Gasteiger partial charge in [-0.15, -0.1) is 0 Å². The van der Waals surface area contributed by atoms with Crippen LogP contribution in [0.5, 0.6) is 11.5 Å². The van der Waals surface area contributed by atoms with Gasteiger partial charge in [-0.2, -0.15) is 0 Å². The second kappa shape index (κ2) is 9.67. The lowest BCUT2D eigenvalue weighted by atomic mass is 10.1. The average molecular weight is 482 g/mol. The number of carbonyl (C=O) groups is 2. The molecule has 1 aliphatic heterocycles. The largest absolute Gasteiger partial charge is 0.490 e. The van der Waals surface area contributed by atoms with E-state index in [0.29, 0.717) is 32.8 Å². The summed E-state index contributed by atoms with van der Waals surface area (Å²) in [5, 5.41) is 8.94. The van der Waals surface area contributed by atoms with Crippen LogP contribution in [0.1, 0.15) is 19.4 Å². The molecule has 1 N–H and O–H groups in total. The van der Waals surface area contributed by atoms with Crippen molar-refractivity contribution in [1.29, 1.82) is 0 Å². The molecule has 1 saturated heterocycles. The standard InChI is InChI=1S/C21H17ClFNO5S2/c1-3-28-17-8-12(4-7-16(17)29-11(2)20(26)27)9-18-19(25)24(21(30)31-18)13-5-6-15(23)14(22)10-13/h4-11H,3H2,1-2H3,(H,26,27)/b18-9+. The molecule has 1 heterocycles. The van der Waals surface area contributed by atoms with Crippen LogP contribution in [-0.4, -0.2) is 34.0 Å². The van der Waals surface area contributed by atoms with Gasteiger partial charge in [0, 0.05) is 0 Å². The Labute approximate surface area is 192 Å². The molecule has 0 radical (unpaired) electrons. The van der Waals surface area contributed by atoms with E-state index >= 15 is 0 Å². The molecule has 1 fully saturated rings. The first kappa shape index (κ1) is 23.1. The molecule has 0 aromatic heterocycles. The van der Waals surface area contributed by atoms with Crippen LogP contribution in [0.15, 0.2) is 41.3 Å². The van der Waals surface area contributed by atoms with Crippen LogP contribution in [-0.2, 0) is 9.59 Å². The second-order valence-corrected chi connectivity index (χ2v) is 8.44. The highest BCUT2D eigenvalue weighted by molar-refractivity contribution is 8.27. The number of ether oxygens (including phenoxy) is 2. The Morgan fingerprint density at radius 2 is 2.06 bits per heavy atom. The van der Waals surface area contributed by atoms with Gasteiger partial charge in [0.05, 0.1) is 22.2 Å². The molecule has 1 amide bonds. The van der Waals surface area contributed by atoms with E-state index in [4.69, 9.17) is 38.4 Å². The molecule has 1 unspecified atom stereocenters. The van der Waals surface area contributed by atoms with E-state index in [-0.39, 0.29) is 16.7 Å². The molecule has 1 aliphatic rings. The van der Waals surface area contributed by atoms with E-state index in [1.807, 2.05) is 0 Å². The number of rotatable bonds is 7. The third-order valence-corrected chi connectivity index (χ3v) is 5.76. The fourth-order valence-corrected chi connectivity index (χ4v) is 4.16. The number of halogens is 2.